The SMILES string of the molecule is CCCCCC1CCC(CCCOc2ccc(-c3ccc(-c4ncc(CCC)cn4)cc3)cc2)CC1. The zero-order valence-electron chi connectivity index (χ0n) is 22.4. The molecule has 0 N–H and O–H groups in total. The van der Waals surface area contributed by atoms with Gasteiger partial charge in [-0.2, -0.15) is 0 Å². The Morgan fingerprint density at radius 2 is 1.22 bits per heavy atom. The van der Waals surface area contributed by atoms with Crippen LogP contribution in [0, 0.1) is 11.8 Å². The fourth-order valence-corrected chi connectivity index (χ4v) is 5.53. The van der Waals surface area contributed by atoms with Crippen LogP contribution in [-0.2, 0) is 6.42 Å². The lowest BCUT2D eigenvalue weighted by atomic mass is 9.78. The summed E-state index contributed by atoms with van der Waals surface area (Å²) in [5.41, 5.74) is 4.63. The van der Waals surface area contributed by atoms with Gasteiger partial charge >= 0.3 is 0 Å². The number of ether oxygens (including phenoxy) is 1. The van der Waals surface area contributed by atoms with Crippen LogP contribution in [-0.4, -0.2) is 16.6 Å². The van der Waals surface area contributed by atoms with E-state index in [1.54, 1.807) is 0 Å². The zero-order chi connectivity index (χ0) is 25.0. The third-order valence-electron chi connectivity index (χ3n) is 7.78. The molecule has 3 nitrogen and oxygen atoms in total. The van der Waals surface area contributed by atoms with Gasteiger partial charge in [0.1, 0.15) is 5.75 Å². The van der Waals surface area contributed by atoms with Crippen molar-refractivity contribution in [3.05, 3.63) is 66.5 Å². The van der Waals surface area contributed by atoms with Crippen molar-refractivity contribution in [3.8, 4) is 28.3 Å². The summed E-state index contributed by atoms with van der Waals surface area (Å²) in [6.07, 6.45) is 19.9. The number of aromatic nitrogens is 2. The van der Waals surface area contributed by atoms with Gasteiger partial charge in [-0.25, -0.2) is 9.97 Å². The summed E-state index contributed by atoms with van der Waals surface area (Å²) in [6.45, 7) is 5.30. The summed E-state index contributed by atoms with van der Waals surface area (Å²) in [5.74, 6) is 3.67. The smallest absolute Gasteiger partial charge is 0.159 e. The van der Waals surface area contributed by atoms with Crippen LogP contribution in [0.3, 0.4) is 0 Å². The van der Waals surface area contributed by atoms with Gasteiger partial charge < -0.3 is 4.74 Å². The maximum Gasteiger partial charge on any atom is 0.159 e. The fourth-order valence-electron chi connectivity index (χ4n) is 5.53. The van der Waals surface area contributed by atoms with Gasteiger partial charge in [-0.05, 0) is 59.9 Å². The van der Waals surface area contributed by atoms with E-state index >= 15 is 0 Å². The monoisotopic (exact) mass is 484 g/mol. The highest BCUT2D eigenvalue weighted by Gasteiger charge is 2.20. The van der Waals surface area contributed by atoms with Crippen LogP contribution in [0.15, 0.2) is 60.9 Å². The number of hydrogen-bond donors (Lipinski definition) is 0. The summed E-state index contributed by atoms with van der Waals surface area (Å²) in [4.78, 5) is 9.07. The van der Waals surface area contributed by atoms with E-state index in [2.05, 4.69) is 72.3 Å². The number of unbranched alkanes of at least 4 members (excludes halogenated alkanes) is 2. The normalized spacial score (nSPS) is 17.7. The lowest BCUT2D eigenvalue weighted by Gasteiger charge is -2.28. The number of benzene rings is 2. The van der Waals surface area contributed by atoms with Crippen LogP contribution in [0.2, 0.25) is 0 Å². The Bertz CT molecular complexity index is 1000. The molecule has 3 aromatic rings. The molecular formula is C33H44N2O. The zero-order valence-corrected chi connectivity index (χ0v) is 22.4. The van der Waals surface area contributed by atoms with Gasteiger partial charge in [0, 0.05) is 18.0 Å². The molecule has 192 valence electrons. The van der Waals surface area contributed by atoms with E-state index in [0.29, 0.717) is 0 Å². The van der Waals surface area contributed by atoms with Gasteiger partial charge in [0.15, 0.2) is 5.82 Å². The first-order chi connectivity index (χ1) is 17.7. The molecule has 1 saturated carbocycles. The van der Waals surface area contributed by atoms with E-state index in [0.717, 1.165) is 54.8 Å². The fraction of sp³-hybridized carbons (Fsp3) is 0.515. The van der Waals surface area contributed by atoms with Crippen LogP contribution >= 0.6 is 0 Å². The molecule has 3 heteroatoms. The Morgan fingerprint density at radius 3 is 1.81 bits per heavy atom. The average molecular weight is 485 g/mol. The van der Waals surface area contributed by atoms with Crippen LogP contribution in [0.1, 0.15) is 90.0 Å². The molecule has 1 aliphatic rings. The summed E-state index contributed by atoms with van der Waals surface area (Å²) < 4.78 is 6.06. The van der Waals surface area contributed by atoms with Crippen molar-refractivity contribution < 1.29 is 4.74 Å². The molecule has 36 heavy (non-hydrogen) atoms. The summed E-state index contributed by atoms with van der Waals surface area (Å²) in [5, 5.41) is 0. The molecule has 1 aliphatic carbocycles. The van der Waals surface area contributed by atoms with Gasteiger partial charge in [0.25, 0.3) is 0 Å². The predicted molar refractivity (Wildman–Crippen MR) is 151 cm³/mol. The first-order valence-electron chi connectivity index (χ1n) is 14.4. The highest BCUT2D eigenvalue weighted by molar-refractivity contribution is 5.68. The van der Waals surface area contributed by atoms with Crippen LogP contribution in [0.4, 0.5) is 0 Å². The molecule has 0 spiro atoms. The van der Waals surface area contributed by atoms with Crippen molar-refractivity contribution in [2.24, 2.45) is 11.8 Å². The minimum atomic E-state index is 0.783. The lowest BCUT2D eigenvalue weighted by Crippen LogP contribution is -2.15. The van der Waals surface area contributed by atoms with Crippen molar-refractivity contribution in [1.82, 2.24) is 9.97 Å². The number of nitrogens with zero attached hydrogens (tertiary/aromatic N) is 2. The summed E-state index contributed by atoms with van der Waals surface area (Å²) >= 11 is 0. The molecule has 4 rings (SSSR count). The molecular weight excluding hydrogens is 440 g/mol. The third kappa shape index (κ3) is 7.91. The number of rotatable bonds is 13. The largest absolute Gasteiger partial charge is 0.494 e. The molecule has 1 aromatic heterocycles. The standard InChI is InChI=1S/C33H44N2O/c1-3-5-6-9-26-11-13-27(14-12-26)10-7-23-36-32-21-19-30(20-22-32)29-15-17-31(18-16-29)33-34-24-28(8-4-2)25-35-33/h15-22,24-27H,3-14,23H2,1-2H3. The van der Waals surface area contributed by atoms with E-state index in [4.69, 9.17) is 4.74 Å². The number of aryl methyl sites for hydroxylation is 1. The molecule has 0 aliphatic heterocycles. The Hall–Kier alpha value is -2.68. The van der Waals surface area contributed by atoms with Gasteiger partial charge in [0.05, 0.1) is 6.61 Å². The van der Waals surface area contributed by atoms with E-state index in [1.165, 1.54) is 74.5 Å². The Balaban J connectivity index is 1.18. The molecule has 0 unspecified atom stereocenters. The van der Waals surface area contributed by atoms with Gasteiger partial charge in [0.2, 0.25) is 0 Å². The Kier molecular flexibility index (Phi) is 10.4. The first kappa shape index (κ1) is 26.4. The van der Waals surface area contributed by atoms with Crippen molar-refractivity contribution >= 4 is 0 Å². The Morgan fingerprint density at radius 1 is 0.667 bits per heavy atom. The summed E-state index contributed by atoms with van der Waals surface area (Å²) in [6, 6.07) is 17.0. The van der Waals surface area contributed by atoms with Crippen molar-refractivity contribution in [3.63, 3.8) is 0 Å². The van der Waals surface area contributed by atoms with Gasteiger partial charge in [-0.3, -0.25) is 0 Å². The molecule has 1 heterocycles. The van der Waals surface area contributed by atoms with Crippen LogP contribution in [0.25, 0.3) is 22.5 Å². The molecule has 0 atom stereocenters. The first-order valence-corrected chi connectivity index (χ1v) is 14.4. The van der Waals surface area contributed by atoms with Gasteiger partial charge in [-0.15, -0.1) is 0 Å². The molecule has 0 saturated heterocycles. The second kappa shape index (κ2) is 14.2. The average Bonchev–Trinajstić information content (AvgIpc) is 2.93. The lowest BCUT2D eigenvalue weighted by molar-refractivity contribution is 0.228. The van der Waals surface area contributed by atoms with E-state index in [1.807, 2.05) is 12.4 Å². The Labute approximate surface area is 218 Å². The topological polar surface area (TPSA) is 35.0 Å². The van der Waals surface area contributed by atoms with Crippen molar-refractivity contribution in [2.45, 2.75) is 90.9 Å². The quantitative estimate of drug-likeness (QED) is 0.227. The molecule has 0 amide bonds. The highest BCUT2D eigenvalue weighted by atomic mass is 16.5. The maximum atomic E-state index is 6.06. The minimum absolute atomic E-state index is 0.783. The molecule has 1 fully saturated rings. The van der Waals surface area contributed by atoms with Crippen molar-refractivity contribution in [2.75, 3.05) is 6.61 Å². The predicted octanol–water partition coefficient (Wildman–Crippen LogP) is 9.31. The molecule has 2 aromatic carbocycles. The number of hydrogen-bond acceptors (Lipinski definition) is 3. The third-order valence-corrected chi connectivity index (χ3v) is 7.78. The van der Waals surface area contributed by atoms with Crippen LogP contribution in [0.5, 0.6) is 5.75 Å². The van der Waals surface area contributed by atoms with E-state index in [9.17, 15) is 0 Å². The highest BCUT2D eigenvalue weighted by Crippen LogP contribution is 2.34. The van der Waals surface area contributed by atoms with Crippen LogP contribution < -0.4 is 4.74 Å². The van der Waals surface area contributed by atoms with Crippen molar-refractivity contribution in [1.29, 1.82) is 0 Å². The van der Waals surface area contributed by atoms with E-state index < -0.39 is 0 Å². The summed E-state index contributed by atoms with van der Waals surface area (Å²) in [7, 11) is 0. The van der Waals surface area contributed by atoms with Gasteiger partial charge in [-0.1, -0.05) is 108 Å². The second-order valence-corrected chi connectivity index (χ2v) is 10.6. The maximum absolute atomic E-state index is 6.06. The molecule has 0 radical (unpaired) electrons. The second-order valence-electron chi connectivity index (χ2n) is 10.6. The van der Waals surface area contributed by atoms with E-state index in [-0.39, 0.29) is 0 Å². The minimum Gasteiger partial charge on any atom is -0.494 e. The molecule has 0 bridgehead atoms.